The van der Waals surface area contributed by atoms with Crippen LogP contribution in [0.15, 0.2) is 18.2 Å². The summed E-state index contributed by atoms with van der Waals surface area (Å²) >= 11 is 0. The zero-order chi connectivity index (χ0) is 14.5. The van der Waals surface area contributed by atoms with E-state index in [0.29, 0.717) is 12.6 Å². The molecule has 0 atom stereocenters. The minimum absolute atomic E-state index is 0. The smallest absolute Gasteiger partial charge is 0.495 e. The number of benzene rings is 1. The van der Waals surface area contributed by atoms with Crippen LogP contribution in [0.1, 0.15) is 13.8 Å². The maximum atomic E-state index is 12.9. The van der Waals surface area contributed by atoms with Gasteiger partial charge in [0.1, 0.15) is 12.4 Å². The van der Waals surface area contributed by atoms with Gasteiger partial charge in [0.05, 0.1) is 5.75 Å². The Hall–Kier alpha value is 0.401. The number of likely N-dealkylation sites (N-methyl/N-ethyl adjacent to an activating group) is 1. The van der Waals surface area contributed by atoms with Gasteiger partial charge in [-0.2, -0.15) is 0 Å². The average Bonchev–Trinajstić information content (AvgIpc) is 2.35. The summed E-state index contributed by atoms with van der Waals surface area (Å²) in [5.74, 6) is -1.22. The molecule has 0 aliphatic heterocycles. The predicted octanol–water partition coefficient (Wildman–Crippen LogP) is -0.395. The summed E-state index contributed by atoms with van der Waals surface area (Å²) in [5.41, 5.74) is -1.01. The van der Waals surface area contributed by atoms with Crippen LogP contribution in [0.2, 0.25) is 0 Å². The third-order valence-corrected chi connectivity index (χ3v) is 2.88. The number of rotatable bonds is 7. The fourth-order valence-electron chi connectivity index (χ4n) is 1.73. The number of halogens is 4. The monoisotopic (exact) mass is 317 g/mol. The fraction of sp³-hybridized carbons (Fsp3) is 0.500. The summed E-state index contributed by atoms with van der Waals surface area (Å²) in [6.07, 6.45) is 0. The van der Waals surface area contributed by atoms with Crippen molar-refractivity contribution in [1.29, 1.82) is 0 Å². The van der Waals surface area contributed by atoms with E-state index in [4.69, 9.17) is 4.74 Å². The van der Waals surface area contributed by atoms with Crippen molar-refractivity contribution >= 4 is 12.4 Å². The van der Waals surface area contributed by atoms with Crippen LogP contribution in [0.5, 0.6) is 5.75 Å². The zero-order valence-corrected chi connectivity index (χ0v) is 15.1. The summed E-state index contributed by atoms with van der Waals surface area (Å²) in [7, 11) is 0. The molecule has 0 unspecified atom stereocenters. The van der Waals surface area contributed by atoms with Gasteiger partial charge in [0.2, 0.25) is 0 Å². The number of ether oxygens (including phenoxy) is 1. The maximum absolute atomic E-state index is 12.9. The van der Waals surface area contributed by atoms with Crippen LogP contribution in [0, 0.1) is 5.82 Å². The minimum Gasteiger partial charge on any atom is -0.495 e. The van der Waals surface area contributed by atoms with E-state index in [9.17, 15) is 17.3 Å². The van der Waals surface area contributed by atoms with Crippen molar-refractivity contribution < 1.29 is 73.5 Å². The van der Waals surface area contributed by atoms with E-state index >= 15 is 0 Å². The van der Waals surface area contributed by atoms with Crippen molar-refractivity contribution in [1.82, 2.24) is 4.90 Å². The van der Waals surface area contributed by atoms with Crippen molar-refractivity contribution in [2.75, 3.05) is 26.2 Å². The zero-order valence-electron chi connectivity index (χ0n) is 12.0. The first-order valence-electron chi connectivity index (χ1n) is 6.23. The first-order valence-corrected chi connectivity index (χ1v) is 6.23. The van der Waals surface area contributed by atoms with Crippen LogP contribution < -0.4 is 61.6 Å². The SMILES string of the molecule is CCN(CC)CCOc1ccc(F)cc1[B-](F)(F)F.[K+]. The first kappa shape index (κ1) is 20.4. The summed E-state index contributed by atoms with van der Waals surface area (Å²) in [4.78, 5) is 2.03. The summed E-state index contributed by atoms with van der Waals surface area (Å²) in [5, 5.41) is 0. The normalized spacial score (nSPS) is 11.3. The molecule has 0 heterocycles. The van der Waals surface area contributed by atoms with Crippen molar-refractivity contribution in [3.63, 3.8) is 0 Å². The van der Waals surface area contributed by atoms with E-state index in [-0.39, 0.29) is 63.7 Å². The molecule has 0 saturated carbocycles. The molecular weight excluding hydrogens is 300 g/mol. The molecule has 1 aromatic rings. The maximum Gasteiger partial charge on any atom is 1.00 e. The van der Waals surface area contributed by atoms with Crippen molar-refractivity contribution in [3.05, 3.63) is 24.0 Å². The Bertz CT molecular complexity index is 413. The summed E-state index contributed by atoms with van der Waals surface area (Å²) < 4.78 is 56.3. The molecule has 0 radical (unpaired) electrons. The van der Waals surface area contributed by atoms with E-state index in [1.165, 1.54) is 0 Å². The van der Waals surface area contributed by atoms with Gasteiger partial charge >= 0.3 is 58.4 Å². The van der Waals surface area contributed by atoms with E-state index in [1.807, 2.05) is 18.7 Å². The number of hydrogen-bond acceptors (Lipinski definition) is 2. The Kier molecular flexibility index (Phi) is 9.61. The van der Waals surface area contributed by atoms with Gasteiger partial charge in [-0.1, -0.05) is 19.3 Å². The number of nitrogens with zero attached hydrogens (tertiary/aromatic N) is 1. The molecule has 0 saturated heterocycles. The number of hydrogen-bond donors (Lipinski definition) is 0. The molecule has 0 bridgehead atoms. The van der Waals surface area contributed by atoms with Gasteiger partial charge in [0.15, 0.2) is 0 Å². The van der Waals surface area contributed by atoms with E-state index < -0.39 is 18.3 Å². The molecule has 1 aromatic carbocycles. The van der Waals surface area contributed by atoms with Crippen LogP contribution >= 0.6 is 0 Å². The minimum atomic E-state index is -5.28. The van der Waals surface area contributed by atoms with Crippen LogP contribution in [-0.4, -0.2) is 38.1 Å². The molecule has 2 nitrogen and oxygen atoms in total. The predicted molar refractivity (Wildman–Crippen MR) is 68.4 cm³/mol. The van der Waals surface area contributed by atoms with Crippen LogP contribution in [-0.2, 0) is 0 Å². The third-order valence-electron chi connectivity index (χ3n) is 2.88. The van der Waals surface area contributed by atoms with Gasteiger partial charge in [0.25, 0.3) is 0 Å². The Balaban J connectivity index is 0.00000361. The van der Waals surface area contributed by atoms with Crippen LogP contribution in [0.25, 0.3) is 0 Å². The summed E-state index contributed by atoms with van der Waals surface area (Å²) in [6, 6.07) is 2.48. The molecule has 0 fully saturated rings. The van der Waals surface area contributed by atoms with Crippen molar-refractivity contribution in [2.45, 2.75) is 13.8 Å². The Morgan fingerprint density at radius 3 is 2.25 bits per heavy atom. The summed E-state index contributed by atoms with van der Waals surface area (Å²) in [6.45, 7) is 0.942. The second kappa shape index (κ2) is 9.42. The first-order chi connectivity index (χ1) is 8.88. The molecule has 0 amide bonds. The average molecular weight is 317 g/mol. The topological polar surface area (TPSA) is 12.5 Å². The quantitative estimate of drug-likeness (QED) is 0.501. The van der Waals surface area contributed by atoms with E-state index in [1.54, 1.807) is 0 Å². The van der Waals surface area contributed by atoms with Crippen LogP contribution in [0.4, 0.5) is 17.3 Å². The second-order valence-electron chi connectivity index (χ2n) is 4.13. The molecule has 0 aliphatic carbocycles. The van der Waals surface area contributed by atoms with Crippen molar-refractivity contribution in [2.24, 2.45) is 0 Å². The molecule has 0 N–H and O–H groups in total. The molecule has 1 rings (SSSR count). The fourth-order valence-corrected chi connectivity index (χ4v) is 1.73. The molecular formula is C12H17BF4KNO. The van der Waals surface area contributed by atoms with Crippen LogP contribution in [0.3, 0.4) is 0 Å². The Morgan fingerprint density at radius 1 is 1.15 bits per heavy atom. The van der Waals surface area contributed by atoms with Gasteiger partial charge in [0, 0.05) is 6.54 Å². The molecule has 0 aliphatic rings. The van der Waals surface area contributed by atoms with Gasteiger partial charge in [-0.25, -0.2) is 4.39 Å². The van der Waals surface area contributed by atoms with Gasteiger partial charge in [-0.3, -0.25) is 0 Å². The third kappa shape index (κ3) is 6.45. The van der Waals surface area contributed by atoms with E-state index in [0.717, 1.165) is 25.2 Å². The van der Waals surface area contributed by atoms with Gasteiger partial charge in [-0.15, -0.1) is 0 Å². The van der Waals surface area contributed by atoms with E-state index in [2.05, 4.69) is 0 Å². The standard InChI is InChI=1S/C12H17BF4NO.K/c1-3-18(4-2)7-8-19-12-6-5-10(14)9-11(12)13(15,16)17;/h5-6,9H,3-4,7-8H2,1-2H3;/q-1;+1. The Morgan fingerprint density at radius 2 is 1.75 bits per heavy atom. The molecule has 8 heteroatoms. The van der Waals surface area contributed by atoms with Crippen molar-refractivity contribution in [3.8, 4) is 5.75 Å². The molecule has 108 valence electrons. The second-order valence-corrected chi connectivity index (χ2v) is 4.13. The molecule has 20 heavy (non-hydrogen) atoms. The van der Waals surface area contributed by atoms with Gasteiger partial charge in [-0.05, 0) is 31.3 Å². The van der Waals surface area contributed by atoms with Gasteiger partial charge < -0.3 is 22.6 Å². The largest absolute Gasteiger partial charge is 1.00 e. The Labute approximate surface area is 159 Å². The molecule has 0 aromatic heterocycles. The molecule has 0 spiro atoms.